The number of aryl methyl sites for hydroxylation is 4. The van der Waals surface area contributed by atoms with Gasteiger partial charge in [0.2, 0.25) is 0 Å². The Hall–Kier alpha value is -6.05. The molecule has 0 saturated heterocycles. The minimum absolute atomic E-state index is 0.00957. The van der Waals surface area contributed by atoms with Crippen LogP contribution in [0.2, 0.25) is 0 Å². The number of fused-ring (bicyclic) bond motifs is 12. The molecule has 2 aromatic heterocycles. The van der Waals surface area contributed by atoms with Crippen molar-refractivity contribution in [3.63, 3.8) is 0 Å². The largest absolute Gasteiger partial charge is 0.375 e. The highest BCUT2D eigenvalue weighted by atomic mass is 15.0. The molecule has 4 heterocycles. The zero-order chi connectivity index (χ0) is 32.6. The second-order valence-corrected chi connectivity index (χ2v) is 14.8. The van der Waals surface area contributed by atoms with Crippen LogP contribution in [0.25, 0.3) is 92.7 Å². The molecule has 0 bridgehead atoms. The summed E-state index contributed by atoms with van der Waals surface area (Å²) in [5, 5.41) is 22.5. The minimum atomic E-state index is 0.00957. The van der Waals surface area contributed by atoms with Crippen molar-refractivity contribution in [3.8, 4) is 22.9 Å². The van der Waals surface area contributed by atoms with Crippen LogP contribution < -0.4 is 10.9 Å². The van der Waals surface area contributed by atoms with Crippen LogP contribution in [0.1, 0.15) is 27.8 Å². The van der Waals surface area contributed by atoms with E-state index in [1.54, 1.807) is 0 Å². The molecule has 12 rings (SSSR count). The van der Waals surface area contributed by atoms with Crippen molar-refractivity contribution >= 4 is 93.7 Å². The van der Waals surface area contributed by atoms with Crippen LogP contribution >= 0.6 is 0 Å². The van der Waals surface area contributed by atoms with E-state index in [0.717, 1.165) is 10.8 Å². The number of hydrogen-bond acceptors (Lipinski definition) is 1. The van der Waals surface area contributed by atoms with Crippen molar-refractivity contribution < 1.29 is 0 Å². The molecule has 0 N–H and O–H groups in total. The fourth-order valence-electron chi connectivity index (χ4n) is 10.0. The van der Waals surface area contributed by atoms with Crippen molar-refractivity contribution in [1.29, 1.82) is 5.26 Å². The van der Waals surface area contributed by atoms with E-state index in [1.807, 2.05) is 0 Å². The quantitative estimate of drug-likeness (QED) is 0.123. The molecular formula is C45H28BN3. The highest BCUT2D eigenvalue weighted by Gasteiger charge is 2.43. The second kappa shape index (κ2) is 8.32. The Labute approximate surface area is 282 Å². The van der Waals surface area contributed by atoms with Crippen LogP contribution in [-0.2, 0) is 0 Å². The Bertz CT molecular complexity index is 3260. The molecule has 0 fully saturated rings. The molecule has 0 spiro atoms. The lowest BCUT2D eigenvalue weighted by Crippen LogP contribution is -2.55. The van der Waals surface area contributed by atoms with Crippen LogP contribution in [0.15, 0.2) is 97.1 Å². The van der Waals surface area contributed by atoms with Gasteiger partial charge in [0.15, 0.2) is 0 Å². The number of nitrogens with zero attached hydrogens (tertiary/aromatic N) is 3. The first-order valence-electron chi connectivity index (χ1n) is 17.2. The number of benzene rings is 8. The lowest BCUT2D eigenvalue weighted by atomic mass is 9.45. The Morgan fingerprint density at radius 1 is 0.551 bits per heavy atom. The zero-order valence-electron chi connectivity index (χ0n) is 27.7. The molecule has 4 heteroatoms. The lowest BCUT2D eigenvalue weighted by Gasteiger charge is -2.36. The summed E-state index contributed by atoms with van der Waals surface area (Å²) in [4.78, 5) is 0. The van der Waals surface area contributed by atoms with Crippen molar-refractivity contribution in [2.75, 3.05) is 0 Å². The van der Waals surface area contributed by atoms with Crippen LogP contribution in [0.5, 0.6) is 0 Å². The summed E-state index contributed by atoms with van der Waals surface area (Å²) in [6, 6.07) is 39.4. The fraction of sp³-hybridized carbons (Fsp3) is 0.0889. The van der Waals surface area contributed by atoms with Gasteiger partial charge in [-0.05, 0) is 126 Å². The third kappa shape index (κ3) is 2.90. The molecule has 3 nitrogen and oxygen atoms in total. The summed E-state index contributed by atoms with van der Waals surface area (Å²) in [6.07, 6.45) is 0. The Morgan fingerprint density at radius 2 is 1.18 bits per heavy atom. The molecule has 49 heavy (non-hydrogen) atoms. The van der Waals surface area contributed by atoms with Gasteiger partial charge in [-0.3, -0.25) is 0 Å². The maximum absolute atomic E-state index is 9.92. The van der Waals surface area contributed by atoms with E-state index in [-0.39, 0.29) is 6.85 Å². The number of rotatable bonds is 0. The zero-order valence-corrected chi connectivity index (χ0v) is 27.7. The van der Waals surface area contributed by atoms with Gasteiger partial charge in [0, 0.05) is 48.9 Å². The highest BCUT2D eigenvalue weighted by molar-refractivity contribution is 6.90. The number of hydrogen-bond donors (Lipinski definition) is 0. The van der Waals surface area contributed by atoms with Gasteiger partial charge in [0.05, 0.1) is 28.4 Å². The van der Waals surface area contributed by atoms with Gasteiger partial charge >= 0.3 is 6.85 Å². The van der Waals surface area contributed by atoms with Gasteiger partial charge in [-0.25, -0.2) is 0 Å². The standard InChI is InChI=1S/C45H28BN3/c1-22-5-11-37-31(13-22)34-16-25(4)18-36-44(34)48(37)45-30-10-8-28-20-26(21-47)19-27-7-9-29(40(30)39(27)28)41-35-17-24(3)15-33-32-14-23(2)6-12-38(32)49(43(33)35)46(36)42(41)45/h5-20H,1-4H3. The predicted molar refractivity (Wildman–Crippen MR) is 207 cm³/mol. The second-order valence-electron chi connectivity index (χ2n) is 14.8. The first kappa shape index (κ1) is 26.0. The van der Waals surface area contributed by atoms with Gasteiger partial charge in [-0.1, -0.05) is 59.2 Å². The van der Waals surface area contributed by atoms with E-state index >= 15 is 0 Å². The average molecular weight is 622 g/mol. The predicted octanol–water partition coefficient (Wildman–Crippen LogP) is 9.84. The SMILES string of the molecule is Cc1ccc2c(c1)c1cc(C)cc3c1n2B1c2c-3c3ccc4cc(C#N)cc5ccc(c2-n2c6ccc(C)cc6c6cc(C)cc1c62)c3c45. The number of nitriles is 1. The van der Waals surface area contributed by atoms with E-state index in [0.29, 0.717) is 5.56 Å². The Morgan fingerprint density at radius 3 is 1.92 bits per heavy atom. The molecular weight excluding hydrogens is 593 g/mol. The topological polar surface area (TPSA) is 33.6 Å². The van der Waals surface area contributed by atoms with Crippen LogP contribution in [0, 0.1) is 39.0 Å². The van der Waals surface area contributed by atoms with E-state index < -0.39 is 0 Å². The van der Waals surface area contributed by atoms with E-state index in [4.69, 9.17) is 0 Å². The molecule has 2 aliphatic heterocycles. The first-order valence-corrected chi connectivity index (χ1v) is 17.2. The molecule has 226 valence electrons. The van der Waals surface area contributed by atoms with Crippen LogP contribution in [0.3, 0.4) is 0 Å². The average Bonchev–Trinajstić information content (AvgIpc) is 3.58. The van der Waals surface area contributed by atoms with Crippen molar-refractivity contribution in [1.82, 2.24) is 9.05 Å². The summed E-state index contributed by atoms with van der Waals surface area (Å²) in [5.41, 5.74) is 17.7. The molecule has 0 aliphatic carbocycles. The summed E-state index contributed by atoms with van der Waals surface area (Å²) in [6.45, 7) is 8.93. The summed E-state index contributed by atoms with van der Waals surface area (Å²) < 4.78 is 5.29. The highest BCUT2D eigenvalue weighted by Crippen LogP contribution is 2.49. The maximum Gasteiger partial charge on any atom is 0.333 e. The fourth-order valence-corrected chi connectivity index (χ4v) is 10.0. The Balaban J connectivity index is 1.43. The summed E-state index contributed by atoms with van der Waals surface area (Å²) in [5.74, 6) is 0. The third-order valence-corrected chi connectivity index (χ3v) is 11.7. The van der Waals surface area contributed by atoms with E-state index in [9.17, 15) is 5.26 Å². The Kier molecular flexibility index (Phi) is 4.41. The molecule has 0 atom stereocenters. The maximum atomic E-state index is 9.92. The van der Waals surface area contributed by atoms with Gasteiger partial charge < -0.3 is 9.05 Å². The smallest absolute Gasteiger partial charge is 0.333 e. The normalized spacial score (nSPS) is 13.2. The van der Waals surface area contributed by atoms with Crippen molar-refractivity contribution in [2.24, 2.45) is 0 Å². The summed E-state index contributed by atoms with van der Waals surface area (Å²) >= 11 is 0. The number of aromatic nitrogens is 2. The molecule has 0 amide bonds. The third-order valence-electron chi connectivity index (χ3n) is 11.7. The van der Waals surface area contributed by atoms with E-state index in [2.05, 4.69) is 140 Å². The molecule has 0 unspecified atom stereocenters. The van der Waals surface area contributed by atoms with Crippen molar-refractivity contribution in [2.45, 2.75) is 27.7 Å². The van der Waals surface area contributed by atoms with Gasteiger partial charge in [-0.2, -0.15) is 5.26 Å². The van der Waals surface area contributed by atoms with Gasteiger partial charge in [0.25, 0.3) is 0 Å². The van der Waals surface area contributed by atoms with Crippen LogP contribution in [0.4, 0.5) is 0 Å². The minimum Gasteiger partial charge on any atom is -0.375 e. The first-order chi connectivity index (χ1) is 23.9. The monoisotopic (exact) mass is 621 g/mol. The molecule has 8 aromatic carbocycles. The molecule has 0 saturated carbocycles. The van der Waals surface area contributed by atoms with Crippen molar-refractivity contribution in [3.05, 3.63) is 125 Å². The van der Waals surface area contributed by atoms with Gasteiger partial charge in [0.1, 0.15) is 0 Å². The molecule has 2 aliphatic rings. The molecule has 0 radical (unpaired) electrons. The summed E-state index contributed by atoms with van der Waals surface area (Å²) in [7, 11) is 0. The molecule has 10 aromatic rings. The van der Waals surface area contributed by atoms with E-state index in [1.165, 1.54) is 115 Å². The lowest BCUT2D eigenvalue weighted by molar-refractivity contribution is 1.19. The van der Waals surface area contributed by atoms with Gasteiger partial charge in [-0.15, -0.1) is 0 Å². The van der Waals surface area contributed by atoms with Crippen LogP contribution in [-0.4, -0.2) is 15.9 Å².